The average Bonchev–Trinajstić information content (AvgIpc) is 3.85. The molecule has 0 fully saturated rings. The van der Waals surface area contributed by atoms with Gasteiger partial charge in [-0.25, -0.2) is 9.97 Å². The Kier molecular flexibility index (Phi) is 7.78. The third-order valence-corrected chi connectivity index (χ3v) is 11.8. The fourth-order valence-corrected chi connectivity index (χ4v) is 9.03. The lowest BCUT2D eigenvalue weighted by Gasteiger charge is -2.16. The average molecular weight is 766 g/mol. The molecule has 5 nitrogen and oxygen atoms in total. The topological polar surface area (TPSA) is 48.5 Å². The second-order valence-electron chi connectivity index (χ2n) is 15.3. The Morgan fingerprint density at radius 3 is 1.32 bits per heavy atom. The summed E-state index contributed by atoms with van der Waals surface area (Å²) in [6.07, 6.45) is 3.87. The van der Waals surface area contributed by atoms with E-state index in [2.05, 4.69) is 196 Å². The van der Waals surface area contributed by atoms with Crippen LogP contribution in [-0.4, -0.2) is 24.1 Å². The summed E-state index contributed by atoms with van der Waals surface area (Å²) < 4.78 is 4.79. The molecule has 0 saturated carbocycles. The molecule has 0 spiro atoms. The summed E-state index contributed by atoms with van der Waals surface area (Å²) in [5.74, 6) is 0.672. The molecule has 0 amide bonds. The van der Waals surface area contributed by atoms with E-state index >= 15 is 0 Å². The molecule has 0 aliphatic rings. The van der Waals surface area contributed by atoms with Crippen molar-refractivity contribution in [2.75, 3.05) is 0 Å². The molecule has 280 valence electrons. The van der Waals surface area contributed by atoms with Crippen molar-refractivity contribution in [1.29, 1.82) is 0 Å². The van der Waals surface area contributed by atoms with E-state index in [1.165, 1.54) is 26.9 Å². The lowest BCUT2D eigenvalue weighted by atomic mass is 9.99. The summed E-state index contributed by atoms with van der Waals surface area (Å²) in [6.45, 7) is 0. The van der Waals surface area contributed by atoms with Crippen molar-refractivity contribution in [1.82, 2.24) is 24.1 Å². The smallest absolute Gasteiger partial charge is 0.160 e. The van der Waals surface area contributed by atoms with E-state index in [0.29, 0.717) is 5.82 Å². The molecule has 0 atom stereocenters. The molecular weight excluding hydrogens is 731 g/mol. The van der Waals surface area contributed by atoms with E-state index in [4.69, 9.17) is 9.97 Å². The Hall–Kier alpha value is -8.15. The zero-order chi connectivity index (χ0) is 39.6. The van der Waals surface area contributed by atoms with Crippen LogP contribution in [-0.2, 0) is 0 Å². The first-order chi connectivity index (χ1) is 29.7. The predicted octanol–water partition coefficient (Wildman–Crippen LogP) is 13.9. The van der Waals surface area contributed by atoms with Gasteiger partial charge in [-0.2, -0.15) is 0 Å². The summed E-state index contributed by atoms with van der Waals surface area (Å²) in [7, 11) is 0. The molecule has 0 bridgehead atoms. The van der Waals surface area contributed by atoms with E-state index in [9.17, 15) is 0 Å². The van der Waals surface area contributed by atoms with Gasteiger partial charge < -0.3 is 9.13 Å². The minimum atomic E-state index is 0.672. The first-order valence-corrected chi connectivity index (χ1v) is 20.3. The number of para-hydroxylation sites is 4. The molecule has 0 saturated heterocycles. The van der Waals surface area contributed by atoms with Crippen LogP contribution in [0.2, 0.25) is 0 Å². The van der Waals surface area contributed by atoms with Gasteiger partial charge in [0.15, 0.2) is 5.82 Å². The van der Waals surface area contributed by atoms with Crippen molar-refractivity contribution in [2.45, 2.75) is 0 Å². The summed E-state index contributed by atoms with van der Waals surface area (Å²) in [5, 5.41) is 7.17. The van der Waals surface area contributed by atoms with Crippen molar-refractivity contribution < 1.29 is 0 Å². The highest BCUT2D eigenvalue weighted by Gasteiger charge is 2.19. The van der Waals surface area contributed by atoms with Gasteiger partial charge in [0.05, 0.1) is 33.5 Å². The van der Waals surface area contributed by atoms with Crippen LogP contribution in [0.3, 0.4) is 0 Å². The Labute approximate surface area is 346 Å². The van der Waals surface area contributed by atoms with E-state index in [0.717, 1.165) is 78.0 Å². The first kappa shape index (κ1) is 33.9. The lowest BCUT2D eigenvalue weighted by Crippen LogP contribution is -2.01. The van der Waals surface area contributed by atoms with E-state index in [1.54, 1.807) is 0 Å². The fraction of sp³-hybridized carbons (Fsp3) is 0. The third kappa shape index (κ3) is 5.52. The van der Waals surface area contributed by atoms with Crippen LogP contribution in [0.5, 0.6) is 0 Å². The molecule has 4 heterocycles. The molecule has 0 aliphatic carbocycles. The largest absolute Gasteiger partial charge is 0.309 e. The van der Waals surface area contributed by atoms with E-state index in [-0.39, 0.29) is 0 Å². The number of nitrogens with zero attached hydrogens (tertiary/aromatic N) is 5. The van der Waals surface area contributed by atoms with E-state index in [1.807, 2.05) is 30.6 Å². The Balaban J connectivity index is 1.11. The second-order valence-corrected chi connectivity index (χ2v) is 15.3. The van der Waals surface area contributed by atoms with Crippen LogP contribution in [0.4, 0.5) is 0 Å². The molecular formula is C55H35N5. The third-order valence-electron chi connectivity index (χ3n) is 11.8. The van der Waals surface area contributed by atoms with Gasteiger partial charge in [0.2, 0.25) is 0 Å². The molecule has 60 heavy (non-hydrogen) atoms. The van der Waals surface area contributed by atoms with Gasteiger partial charge in [-0.15, -0.1) is 0 Å². The Morgan fingerprint density at radius 2 is 0.767 bits per heavy atom. The predicted molar refractivity (Wildman–Crippen MR) is 248 cm³/mol. The molecule has 12 rings (SSSR count). The van der Waals surface area contributed by atoms with Crippen molar-refractivity contribution >= 4 is 54.4 Å². The quantitative estimate of drug-likeness (QED) is 0.169. The minimum absolute atomic E-state index is 0.672. The molecule has 12 aromatic rings. The SMILES string of the molecule is c1ccc(-c2nc(-c3ccc(-c4cncc5ccccc45)cc3)cc(-c3cc(-n4c5ccccc5c5ccccc54)cc(-n4c5ccccc5c5ccccc54)c3)n2)cc1. The number of pyridine rings is 1. The van der Waals surface area contributed by atoms with E-state index < -0.39 is 0 Å². The van der Waals surface area contributed by atoms with Crippen LogP contribution in [0.15, 0.2) is 213 Å². The van der Waals surface area contributed by atoms with Crippen LogP contribution in [0.1, 0.15) is 0 Å². The monoisotopic (exact) mass is 765 g/mol. The maximum absolute atomic E-state index is 5.35. The van der Waals surface area contributed by atoms with Crippen molar-refractivity contribution in [3.63, 3.8) is 0 Å². The second kappa shape index (κ2) is 13.8. The Morgan fingerprint density at radius 1 is 0.317 bits per heavy atom. The Bertz CT molecular complexity index is 3350. The normalized spacial score (nSPS) is 11.7. The fourth-order valence-electron chi connectivity index (χ4n) is 9.03. The van der Waals surface area contributed by atoms with Crippen LogP contribution in [0.25, 0.3) is 111 Å². The maximum atomic E-state index is 5.35. The summed E-state index contributed by atoms with van der Waals surface area (Å²) in [5.41, 5.74) is 13.6. The highest BCUT2D eigenvalue weighted by atomic mass is 15.0. The first-order valence-electron chi connectivity index (χ1n) is 20.3. The van der Waals surface area contributed by atoms with Gasteiger partial charge in [-0.3, -0.25) is 4.98 Å². The molecule has 0 unspecified atom stereocenters. The summed E-state index contributed by atoms with van der Waals surface area (Å²) >= 11 is 0. The minimum Gasteiger partial charge on any atom is -0.309 e. The van der Waals surface area contributed by atoms with Gasteiger partial charge in [-0.05, 0) is 59.5 Å². The number of aromatic nitrogens is 5. The molecule has 0 radical (unpaired) electrons. The zero-order valence-corrected chi connectivity index (χ0v) is 32.4. The molecule has 5 heteroatoms. The van der Waals surface area contributed by atoms with Gasteiger partial charge in [0.25, 0.3) is 0 Å². The van der Waals surface area contributed by atoms with Crippen LogP contribution >= 0.6 is 0 Å². The van der Waals surface area contributed by atoms with Gasteiger partial charge >= 0.3 is 0 Å². The van der Waals surface area contributed by atoms with Gasteiger partial charge in [0.1, 0.15) is 0 Å². The number of benzene rings is 8. The molecule has 4 aromatic heterocycles. The van der Waals surface area contributed by atoms with Gasteiger partial charge in [-0.1, -0.05) is 152 Å². The molecule has 0 aliphatic heterocycles. The molecule has 0 N–H and O–H groups in total. The number of fused-ring (bicyclic) bond motifs is 7. The highest BCUT2D eigenvalue weighted by molar-refractivity contribution is 6.11. The maximum Gasteiger partial charge on any atom is 0.160 e. The van der Waals surface area contributed by atoms with Crippen molar-refractivity contribution in [3.8, 4) is 56.4 Å². The number of hydrogen-bond acceptors (Lipinski definition) is 3. The number of rotatable bonds is 6. The molecule has 8 aromatic carbocycles. The van der Waals surface area contributed by atoms with Crippen molar-refractivity contribution in [2.24, 2.45) is 0 Å². The van der Waals surface area contributed by atoms with Gasteiger partial charge in [0, 0.05) is 73.0 Å². The zero-order valence-electron chi connectivity index (χ0n) is 32.4. The summed E-state index contributed by atoms with van der Waals surface area (Å²) in [4.78, 5) is 15.1. The van der Waals surface area contributed by atoms with Crippen LogP contribution in [0, 0.1) is 0 Å². The van der Waals surface area contributed by atoms with Crippen LogP contribution < -0.4 is 0 Å². The van der Waals surface area contributed by atoms with Crippen molar-refractivity contribution in [3.05, 3.63) is 213 Å². The standard InChI is InChI=1S/C55H35N5/c1-2-14-38(15-3-1)55-57-49(37-28-26-36(27-29-37)48-35-56-34-39-16-4-5-17-43(39)48)33-50(58-55)40-30-41(59-51-22-10-6-18-44(51)45-19-7-11-23-52(45)59)32-42(31-40)60-53-24-12-8-20-46(53)47-21-9-13-25-54(47)60/h1-35H. The summed E-state index contributed by atoms with van der Waals surface area (Å²) in [6, 6.07) is 71.1. The highest BCUT2D eigenvalue weighted by Crippen LogP contribution is 2.39. The lowest BCUT2D eigenvalue weighted by molar-refractivity contribution is 1.13. The number of hydrogen-bond donors (Lipinski definition) is 0.